The lowest BCUT2D eigenvalue weighted by Gasteiger charge is -2.43. The van der Waals surface area contributed by atoms with E-state index in [1.54, 1.807) is 6.07 Å². The number of piperidine rings is 1. The molecule has 1 aliphatic carbocycles. The van der Waals surface area contributed by atoms with E-state index in [0.717, 1.165) is 48.6 Å². The van der Waals surface area contributed by atoms with Crippen molar-refractivity contribution in [2.75, 3.05) is 19.6 Å². The first-order chi connectivity index (χ1) is 21.5. The molecule has 4 heterocycles. The van der Waals surface area contributed by atoms with Crippen LogP contribution < -0.4 is 5.32 Å². The Bertz CT molecular complexity index is 1650. The number of carbonyl (C=O) groups is 5. The summed E-state index contributed by atoms with van der Waals surface area (Å²) in [7, 11) is 0. The molecular formula is C35H37ClN4O5. The van der Waals surface area contributed by atoms with Gasteiger partial charge in [0.05, 0.1) is 11.1 Å². The Morgan fingerprint density at radius 2 is 1.60 bits per heavy atom. The van der Waals surface area contributed by atoms with Gasteiger partial charge in [0.1, 0.15) is 6.04 Å². The highest BCUT2D eigenvalue weighted by atomic mass is 35.5. The van der Waals surface area contributed by atoms with Gasteiger partial charge >= 0.3 is 0 Å². The Hall–Kier alpha value is -3.82. The SMILES string of the molecule is CC1(C)CCC(CN2C3CCC2CN(C(=O)c2ccc4c(c2)C(=O)N(C2CCC(=O)NC2=O)C4=O)C3)=C(c2ccc(Cl)cc2)C1. The van der Waals surface area contributed by atoms with Crippen LogP contribution in [-0.4, -0.2) is 82.0 Å². The number of piperazine rings is 1. The minimum atomic E-state index is -1.04. The average Bonchev–Trinajstić information content (AvgIpc) is 3.38. The molecule has 9 nitrogen and oxygen atoms in total. The molecule has 2 aromatic rings. The zero-order valence-electron chi connectivity index (χ0n) is 25.6. The maximum Gasteiger partial charge on any atom is 0.262 e. The van der Waals surface area contributed by atoms with Crippen molar-refractivity contribution in [3.8, 4) is 0 Å². The van der Waals surface area contributed by atoms with Gasteiger partial charge in [0.15, 0.2) is 0 Å². The van der Waals surface area contributed by atoms with E-state index < -0.39 is 29.7 Å². The highest BCUT2D eigenvalue weighted by molar-refractivity contribution is 6.30. The molecule has 4 aliphatic heterocycles. The van der Waals surface area contributed by atoms with Crippen molar-refractivity contribution >= 4 is 46.7 Å². The largest absolute Gasteiger partial charge is 0.336 e. The molecule has 0 saturated carbocycles. The highest BCUT2D eigenvalue weighted by Gasteiger charge is 2.46. The van der Waals surface area contributed by atoms with Gasteiger partial charge < -0.3 is 4.90 Å². The van der Waals surface area contributed by atoms with Crippen LogP contribution in [0.2, 0.25) is 5.02 Å². The van der Waals surface area contributed by atoms with Gasteiger partial charge in [0.2, 0.25) is 11.8 Å². The molecule has 7 rings (SSSR count). The van der Waals surface area contributed by atoms with Gasteiger partial charge in [-0.05, 0) is 85.4 Å². The van der Waals surface area contributed by atoms with E-state index in [1.165, 1.54) is 28.8 Å². The van der Waals surface area contributed by atoms with Crippen LogP contribution in [0, 0.1) is 5.41 Å². The summed E-state index contributed by atoms with van der Waals surface area (Å²) < 4.78 is 0. The number of hydrogen-bond donors (Lipinski definition) is 1. The Balaban J connectivity index is 1.07. The maximum absolute atomic E-state index is 13.8. The molecule has 1 N–H and O–H groups in total. The number of likely N-dealkylation sites (tertiary alicyclic amines) is 1. The van der Waals surface area contributed by atoms with Crippen LogP contribution in [0.3, 0.4) is 0 Å². The van der Waals surface area contributed by atoms with E-state index in [4.69, 9.17) is 11.6 Å². The number of rotatable bonds is 5. The number of carbonyl (C=O) groups excluding carboxylic acids is 5. The number of fused-ring (bicyclic) bond motifs is 3. The van der Waals surface area contributed by atoms with Crippen LogP contribution in [0.1, 0.15) is 95.4 Å². The second-order valence-electron chi connectivity index (χ2n) is 13.9. The molecule has 10 heteroatoms. The average molecular weight is 629 g/mol. The fraction of sp³-hybridized carbons (Fsp3) is 0.457. The van der Waals surface area contributed by atoms with E-state index in [1.807, 2.05) is 17.0 Å². The number of hydrogen-bond acceptors (Lipinski definition) is 6. The van der Waals surface area contributed by atoms with Crippen LogP contribution in [0.5, 0.6) is 0 Å². The number of imide groups is 2. The number of amides is 5. The Morgan fingerprint density at radius 1 is 0.911 bits per heavy atom. The predicted molar refractivity (Wildman–Crippen MR) is 169 cm³/mol. The zero-order valence-corrected chi connectivity index (χ0v) is 26.4. The van der Waals surface area contributed by atoms with E-state index >= 15 is 0 Å². The van der Waals surface area contributed by atoms with Crippen LogP contribution in [0.15, 0.2) is 48.0 Å². The fourth-order valence-corrected chi connectivity index (χ4v) is 8.01. The second-order valence-corrected chi connectivity index (χ2v) is 14.3. The second kappa shape index (κ2) is 11.2. The smallest absolute Gasteiger partial charge is 0.262 e. The fourth-order valence-electron chi connectivity index (χ4n) is 7.89. The summed E-state index contributed by atoms with van der Waals surface area (Å²) >= 11 is 6.20. The maximum atomic E-state index is 13.8. The molecule has 5 aliphatic rings. The molecule has 5 amide bonds. The summed E-state index contributed by atoms with van der Waals surface area (Å²) in [4.78, 5) is 69.6. The van der Waals surface area contributed by atoms with Crippen molar-refractivity contribution in [2.45, 2.75) is 76.9 Å². The van der Waals surface area contributed by atoms with Gasteiger partial charge in [0.25, 0.3) is 17.7 Å². The van der Waals surface area contributed by atoms with E-state index in [2.05, 4.69) is 36.2 Å². The van der Waals surface area contributed by atoms with Crippen molar-refractivity contribution in [1.29, 1.82) is 0 Å². The molecule has 0 aromatic heterocycles. The van der Waals surface area contributed by atoms with E-state index in [-0.39, 0.29) is 47.4 Å². The number of nitrogens with zero attached hydrogens (tertiary/aromatic N) is 3. The molecule has 2 aromatic carbocycles. The monoisotopic (exact) mass is 628 g/mol. The molecular weight excluding hydrogens is 592 g/mol. The molecule has 45 heavy (non-hydrogen) atoms. The van der Waals surface area contributed by atoms with Crippen molar-refractivity contribution in [3.63, 3.8) is 0 Å². The third kappa shape index (κ3) is 5.40. The first-order valence-electron chi connectivity index (χ1n) is 15.9. The molecule has 0 radical (unpaired) electrons. The summed E-state index contributed by atoms with van der Waals surface area (Å²) in [5, 5.41) is 2.95. The van der Waals surface area contributed by atoms with Gasteiger partial charge in [-0.25, -0.2) is 0 Å². The molecule has 3 saturated heterocycles. The number of benzene rings is 2. The Labute approximate surface area is 267 Å². The summed E-state index contributed by atoms with van der Waals surface area (Å²) in [5.74, 6) is -2.41. The first kappa shape index (κ1) is 29.9. The van der Waals surface area contributed by atoms with Crippen molar-refractivity contribution in [1.82, 2.24) is 20.0 Å². The Kier molecular flexibility index (Phi) is 7.44. The standard InChI is InChI=1S/C35H37ClN4O5/c1-35(2)14-13-22(28(16-35)20-3-6-23(36)7-4-20)17-39-24-8-9-25(39)19-38(18-24)32(43)21-5-10-26-27(15-21)34(45)40(33(26)44)29-11-12-30(41)37-31(29)42/h3-7,10,15,24-25,29H,8-9,11-14,16-19H2,1-2H3,(H,37,41,42). The van der Waals surface area contributed by atoms with Crippen LogP contribution in [-0.2, 0) is 9.59 Å². The quantitative estimate of drug-likeness (QED) is 0.482. The van der Waals surface area contributed by atoms with Crippen molar-refractivity contribution < 1.29 is 24.0 Å². The minimum Gasteiger partial charge on any atom is -0.336 e. The number of nitrogens with one attached hydrogen (secondary N) is 1. The third-order valence-electron chi connectivity index (χ3n) is 10.4. The van der Waals surface area contributed by atoms with Gasteiger partial charge in [-0.3, -0.25) is 39.1 Å². The van der Waals surface area contributed by atoms with Crippen molar-refractivity contribution in [2.24, 2.45) is 5.41 Å². The van der Waals surface area contributed by atoms with Crippen molar-refractivity contribution in [3.05, 3.63) is 75.3 Å². The molecule has 234 valence electrons. The van der Waals surface area contributed by atoms with Gasteiger partial charge in [-0.15, -0.1) is 0 Å². The lowest BCUT2D eigenvalue weighted by Crippen LogP contribution is -2.55. The highest BCUT2D eigenvalue weighted by Crippen LogP contribution is 2.44. The molecule has 2 bridgehead atoms. The zero-order chi connectivity index (χ0) is 31.6. The van der Waals surface area contributed by atoms with Gasteiger partial charge in [-0.2, -0.15) is 0 Å². The third-order valence-corrected chi connectivity index (χ3v) is 10.6. The van der Waals surface area contributed by atoms with Crippen LogP contribution >= 0.6 is 11.6 Å². The van der Waals surface area contributed by atoms with Gasteiger partial charge in [-0.1, -0.05) is 43.2 Å². The number of allylic oxidation sites excluding steroid dienone is 1. The molecule has 3 atom stereocenters. The molecule has 3 fully saturated rings. The molecule has 0 spiro atoms. The summed E-state index contributed by atoms with van der Waals surface area (Å²) in [6, 6.07) is 12.2. The topological polar surface area (TPSA) is 107 Å². The predicted octanol–water partition coefficient (Wildman–Crippen LogP) is 4.69. The summed E-state index contributed by atoms with van der Waals surface area (Å²) in [6.07, 6.45) is 5.43. The minimum absolute atomic E-state index is 0.0551. The summed E-state index contributed by atoms with van der Waals surface area (Å²) in [5.41, 5.74) is 5.04. The van der Waals surface area contributed by atoms with E-state index in [9.17, 15) is 24.0 Å². The first-order valence-corrected chi connectivity index (χ1v) is 16.2. The lowest BCUT2D eigenvalue weighted by atomic mass is 9.72. The van der Waals surface area contributed by atoms with Crippen LogP contribution in [0.4, 0.5) is 0 Å². The van der Waals surface area contributed by atoms with Crippen LogP contribution in [0.25, 0.3) is 5.57 Å². The normalized spacial score (nSPS) is 26.4. The Morgan fingerprint density at radius 3 is 2.29 bits per heavy atom. The van der Waals surface area contributed by atoms with E-state index in [0.29, 0.717) is 18.7 Å². The lowest BCUT2D eigenvalue weighted by molar-refractivity contribution is -0.136. The van der Waals surface area contributed by atoms with Gasteiger partial charge in [0, 0.05) is 48.7 Å². The molecule has 3 unspecified atom stereocenters. The summed E-state index contributed by atoms with van der Waals surface area (Å²) in [6.45, 7) is 6.79. The number of halogens is 1.